The van der Waals surface area contributed by atoms with Crippen LogP contribution in [-0.4, -0.2) is 48.6 Å². The van der Waals surface area contributed by atoms with E-state index in [4.69, 9.17) is 15.2 Å². The summed E-state index contributed by atoms with van der Waals surface area (Å²) in [6, 6.07) is 3.36. The zero-order valence-corrected chi connectivity index (χ0v) is 13.8. The molecule has 0 aromatic heterocycles. The molecule has 0 radical (unpaired) electrons. The second kappa shape index (κ2) is 6.05. The predicted octanol–water partition coefficient (Wildman–Crippen LogP) is 2.25. The molecule has 0 bridgehead atoms. The Kier molecular flexibility index (Phi) is 4.56. The lowest BCUT2D eigenvalue weighted by atomic mass is 10.1. The number of benzene rings is 1. The largest absolute Gasteiger partial charge is 0.497 e. The SMILES string of the molecule is COc1cc(OC)c(N)c(C(=O)N2CCSC(C)(C)C2)c1. The van der Waals surface area contributed by atoms with E-state index in [1.807, 2.05) is 16.7 Å². The molecule has 1 aliphatic rings. The van der Waals surface area contributed by atoms with E-state index in [-0.39, 0.29) is 10.7 Å². The van der Waals surface area contributed by atoms with Gasteiger partial charge in [0.25, 0.3) is 5.91 Å². The lowest BCUT2D eigenvalue weighted by molar-refractivity contribution is 0.0748. The molecule has 1 fully saturated rings. The van der Waals surface area contributed by atoms with E-state index in [1.54, 1.807) is 19.2 Å². The third-order valence-electron chi connectivity index (χ3n) is 3.51. The third kappa shape index (κ3) is 3.37. The van der Waals surface area contributed by atoms with Crippen molar-refractivity contribution in [2.75, 3.05) is 38.8 Å². The van der Waals surface area contributed by atoms with E-state index < -0.39 is 0 Å². The molecule has 1 aromatic carbocycles. The Labute approximate surface area is 129 Å². The fourth-order valence-corrected chi connectivity index (χ4v) is 3.54. The quantitative estimate of drug-likeness (QED) is 0.868. The fourth-order valence-electron chi connectivity index (χ4n) is 2.43. The van der Waals surface area contributed by atoms with Gasteiger partial charge in [0.2, 0.25) is 0 Å². The molecule has 2 N–H and O–H groups in total. The zero-order valence-electron chi connectivity index (χ0n) is 12.9. The molecule has 5 nitrogen and oxygen atoms in total. The number of amides is 1. The Bertz CT molecular complexity index is 546. The standard InChI is InChI=1S/C15H22N2O3S/c1-15(2)9-17(5-6-21-15)14(18)11-7-10(19-3)8-12(20-4)13(11)16/h7-8H,5-6,9,16H2,1-4H3. The summed E-state index contributed by atoms with van der Waals surface area (Å²) in [5.74, 6) is 1.89. The first-order chi connectivity index (χ1) is 9.88. The van der Waals surface area contributed by atoms with Gasteiger partial charge in [0.1, 0.15) is 11.5 Å². The van der Waals surface area contributed by atoms with Gasteiger partial charge in [0, 0.05) is 29.7 Å². The van der Waals surface area contributed by atoms with Crippen molar-refractivity contribution in [3.05, 3.63) is 17.7 Å². The van der Waals surface area contributed by atoms with Gasteiger partial charge in [-0.2, -0.15) is 11.8 Å². The maximum atomic E-state index is 12.8. The number of carbonyl (C=O) groups excluding carboxylic acids is 1. The van der Waals surface area contributed by atoms with Crippen molar-refractivity contribution in [3.63, 3.8) is 0 Å². The van der Waals surface area contributed by atoms with Crippen molar-refractivity contribution in [1.29, 1.82) is 0 Å². The predicted molar refractivity (Wildman–Crippen MR) is 86.4 cm³/mol. The number of nitrogen functional groups attached to an aromatic ring is 1. The van der Waals surface area contributed by atoms with Crippen LogP contribution in [0.2, 0.25) is 0 Å². The van der Waals surface area contributed by atoms with Crippen LogP contribution in [0.25, 0.3) is 0 Å². The van der Waals surface area contributed by atoms with Crippen LogP contribution in [0.5, 0.6) is 11.5 Å². The molecular formula is C15H22N2O3S. The highest BCUT2D eigenvalue weighted by atomic mass is 32.2. The summed E-state index contributed by atoms with van der Waals surface area (Å²) in [4.78, 5) is 14.6. The Morgan fingerprint density at radius 1 is 1.33 bits per heavy atom. The summed E-state index contributed by atoms with van der Waals surface area (Å²) in [7, 11) is 3.08. The first-order valence-corrected chi connectivity index (χ1v) is 7.81. The molecule has 21 heavy (non-hydrogen) atoms. The monoisotopic (exact) mass is 310 g/mol. The van der Waals surface area contributed by atoms with Gasteiger partial charge >= 0.3 is 0 Å². The van der Waals surface area contributed by atoms with Gasteiger partial charge in [-0.3, -0.25) is 4.79 Å². The van der Waals surface area contributed by atoms with Crippen LogP contribution in [0.4, 0.5) is 5.69 Å². The summed E-state index contributed by atoms with van der Waals surface area (Å²) in [6.07, 6.45) is 0. The lowest BCUT2D eigenvalue weighted by Crippen LogP contribution is -2.46. The molecule has 1 aliphatic heterocycles. The molecule has 0 aliphatic carbocycles. The number of anilines is 1. The van der Waals surface area contributed by atoms with Gasteiger partial charge in [-0.15, -0.1) is 0 Å². The number of hydrogen-bond acceptors (Lipinski definition) is 5. The van der Waals surface area contributed by atoms with Crippen molar-refractivity contribution in [2.45, 2.75) is 18.6 Å². The Balaban J connectivity index is 2.34. The number of rotatable bonds is 3. The van der Waals surface area contributed by atoms with Gasteiger partial charge in [-0.25, -0.2) is 0 Å². The third-order valence-corrected chi connectivity index (χ3v) is 4.81. The Morgan fingerprint density at radius 3 is 2.62 bits per heavy atom. The highest BCUT2D eigenvalue weighted by Gasteiger charge is 2.31. The highest BCUT2D eigenvalue weighted by molar-refractivity contribution is 8.00. The number of ether oxygens (including phenoxy) is 2. The summed E-state index contributed by atoms with van der Waals surface area (Å²) < 4.78 is 10.5. The van der Waals surface area contributed by atoms with E-state index in [0.717, 1.165) is 12.3 Å². The maximum Gasteiger partial charge on any atom is 0.256 e. The Morgan fingerprint density at radius 2 is 2.05 bits per heavy atom. The number of thioether (sulfide) groups is 1. The summed E-state index contributed by atoms with van der Waals surface area (Å²) in [6.45, 7) is 5.72. The van der Waals surface area contributed by atoms with E-state index >= 15 is 0 Å². The van der Waals surface area contributed by atoms with Crippen LogP contribution in [0.15, 0.2) is 12.1 Å². The average Bonchev–Trinajstić information content (AvgIpc) is 2.45. The summed E-state index contributed by atoms with van der Waals surface area (Å²) in [5.41, 5.74) is 6.86. The van der Waals surface area contributed by atoms with Crippen molar-refractivity contribution < 1.29 is 14.3 Å². The molecule has 1 aromatic rings. The second-order valence-corrected chi connectivity index (χ2v) is 7.43. The first-order valence-electron chi connectivity index (χ1n) is 6.82. The van der Waals surface area contributed by atoms with Crippen molar-refractivity contribution >= 4 is 23.4 Å². The van der Waals surface area contributed by atoms with Gasteiger partial charge in [-0.1, -0.05) is 0 Å². The van der Waals surface area contributed by atoms with Crippen LogP contribution in [0.3, 0.4) is 0 Å². The minimum absolute atomic E-state index is 0.0611. The smallest absolute Gasteiger partial charge is 0.256 e. The Hall–Kier alpha value is -1.56. The van der Waals surface area contributed by atoms with Crippen LogP contribution in [0.1, 0.15) is 24.2 Å². The molecule has 0 unspecified atom stereocenters. The molecule has 1 saturated heterocycles. The molecule has 0 spiro atoms. The molecule has 0 atom stereocenters. The number of carbonyl (C=O) groups is 1. The van der Waals surface area contributed by atoms with E-state index in [2.05, 4.69) is 13.8 Å². The molecule has 1 amide bonds. The number of nitrogens with two attached hydrogens (primary N) is 1. The first kappa shape index (κ1) is 15.8. The number of nitrogens with zero attached hydrogens (tertiary/aromatic N) is 1. The van der Waals surface area contributed by atoms with Gasteiger partial charge in [0.05, 0.1) is 25.5 Å². The van der Waals surface area contributed by atoms with Crippen LogP contribution in [0, 0.1) is 0 Å². The van der Waals surface area contributed by atoms with Gasteiger partial charge < -0.3 is 20.1 Å². The zero-order chi connectivity index (χ0) is 15.6. The normalized spacial score (nSPS) is 17.4. The van der Waals surface area contributed by atoms with Crippen LogP contribution >= 0.6 is 11.8 Å². The van der Waals surface area contributed by atoms with Crippen LogP contribution < -0.4 is 15.2 Å². The minimum Gasteiger partial charge on any atom is -0.497 e. The molecule has 116 valence electrons. The fraction of sp³-hybridized carbons (Fsp3) is 0.533. The maximum absolute atomic E-state index is 12.8. The summed E-state index contributed by atoms with van der Waals surface area (Å²) >= 11 is 1.88. The second-order valence-electron chi connectivity index (χ2n) is 5.63. The number of hydrogen-bond donors (Lipinski definition) is 1. The van der Waals surface area contributed by atoms with Crippen molar-refractivity contribution in [1.82, 2.24) is 4.90 Å². The molecule has 1 heterocycles. The van der Waals surface area contributed by atoms with E-state index in [9.17, 15) is 4.79 Å². The molecular weight excluding hydrogens is 288 g/mol. The lowest BCUT2D eigenvalue weighted by Gasteiger charge is -2.37. The molecule has 0 saturated carbocycles. The minimum atomic E-state index is -0.0712. The average molecular weight is 310 g/mol. The van der Waals surface area contributed by atoms with E-state index in [0.29, 0.717) is 29.3 Å². The molecule has 2 rings (SSSR count). The van der Waals surface area contributed by atoms with Gasteiger partial charge in [0.15, 0.2) is 0 Å². The topological polar surface area (TPSA) is 64.8 Å². The molecule has 6 heteroatoms. The van der Waals surface area contributed by atoms with Crippen LogP contribution in [-0.2, 0) is 0 Å². The van der Waals surface area contributed by atoms with E-state index in [1.165, 1.54) is 7.11 Å². The van der Waals surface area contributed by atoms with Crippen molar-refractivity contribution in [3.8, 4) is 11.5 Å². The summed E-state index contributed by atoms with van der Waals surface area (Å²) in [5, 5.41) is 0. The number of methoxy groups -OCH3 is 2. The van der Waals surface area contributed by atoms with Crippen molar-refractivity contribution in [2.24, 2.45) is 0 Å². The highest BCUT2D eigenvalue weighted by Crippen LogP contribution is 2.34. The van der Waals surface area contributed by atoms with Gasteiger partial charge in [-0.05, 0) is 19.9 Å².